The second kappa shape index (κ2) is 4.11. The van der Waals surface area contributed by atoms with Crippen molar-refractivity contribution in [3.05, 3.63) is 52.9 Å². The van der Waals surface area contributed by atoms with Gasteiger partial charge < -0.3 is 4.98 Å². The van der Waals surface area contributed by atoms with Crippen LogP contribution in [0.1, 0.15) is 0 Å². The summed E-state index contributed by atoms with van der Waals surface area (Å²) in [5.74, 6) is 0. The zero-order valence-electron chi connectivity index (χ0n) is 7.31. The second-order valence-electron chi connectivity index (χ2n) is 2.65. The number of H-pyrrole nitrogens is 1. The molecular formula is C10H8N2OS. The Morgan fingerprint density at radius 2 is 2.07 bits per heavy atom. The first-order chi connectivity index (χ1) is 6.84. The van der Waals surface area contributed by atoms with Crippen LogP contribution in [-0.4, -0.2) is 9.97 Å². The van der Waals surface area contributed by atoms with Gasteiger partial charge in [0.25, 0.3) is 0 Å². The lowest BCUT2D eigenvalue weighted by atomic mass is 10.5. The van der Waals surface area contributed by atoms with Crippen molar-refractivity contribution in [1.29, 1.82) is 0 Å². The molecule has 0 spiro atoms. The van der Waals surface area contributed by atoms with Gasteiger partial charge in [0.15, 0.2) is 0 Å². The van der Waals surface area contributed by atoms with Crippen LogP contribution in [0.15, 0.2) is 57.4 Å². The van der Waals surface area contributed by atoms with Gasteiger partial charge in [0.05, 0.1) is 5.03 Å². The molecule has 0 amide bonds. The van der Waals surface area contributed by atoms with Crippen molar-refractivity contribution in [2.24, 2.45) is 0 Å². The third kappa shape index (κ3) is 2.23. The van der Waals surface area contributed by atoms with Gasteiger partial charge in [0.2, 0.25) is 5.56 Å². The minimum absolute atomic E-state index is 0.0917. The lowest BCUT2D eigenvalue weighted by Crippen LogP contribution is -2.02. The fraction of sp³-hybridized carbons (Fsp3) is 0. The topological polar surface area (TPSA) is 45.8 Å². The van der Waals surface area contributed by atoms with Crippen molar-refractivity contribution in [2.45, 2.75) is 10.1 Å². The zero-order chi connectivity index (χ0) is 9.80. The maximum Gasteiger partial charge on any atom is 0.248 e. The van der Waals surface area contributed by atoms with Gasteiger partial charge in [0, 0.05) is 12.3 Å². The molecule has 2 aromatic heterocycles. The number of aromatic amines is 1. The van der Waals surface area contributed by atoms with E-state index in [0.29, 0.717) is 0 Å². The Bertz CT molecular complexity index is 467. The summed E-state index contributed by atoms with van der Waals surface area (Å²) in [7, 11) is 0. The molecule has 14 heavy (non-hydrogen) atoms. The average Bonchev–Trinajstić information content (AvgIpc) is 2.19. The second-order valence-corrected chi connectivity index (χ2v) is 3.71. The summed E-state index contributed by atoms with van der Waals surface area (Å²) in [6.45, 7) is 0. The SMILES string of the molecule is O=c1cccc(Sc2ccccn2)[nH]1. The van der Waals surface area contributed by atoms with Crippen LogP contribution in [0.2, 0.25) is 0 Å². The number of hydrogen-bond donors (Lipinski definition) is 1. The number of aromatic nitrogens is 2. The summed E-state index contributed by atoms with van der Waals surface area (Å²) in [4.78, 5) is 17.9. The molecule has 0 bridgehead atoms. The molecule has 2 heterocycles. The highest BCUT2D eigenvalue weighted by Gasteiger charge is 1.97. The van der Waals surface area contributed by atoms with E-state index in [9.17, 15) is 4.79 Å². The Morgan fingerprint density at radius 1 is 1.14 bits per heavy atom. The van der Waals surface area contributed by atoms with Crippen molar-refractivity contribution in [3.63, 3.8) is 0 Å². The number of pyridine rings is 2. The molecule has 0 fully saturated rings. The van der Waals surface area contributed by atoms with Gasteiger partial charge in [-0.3, -0.25) is 4.79 Å². The number of rotatable bonds is 2. The van der Waals surface area contributed by atoms with Crippen LogP contribution < -0.4 is 5.56 Å². The van der Waals surface area contributed by atoms with E-state index in [4.69, 9.17) is 0 Å². The predicted octanol–water partition coefficient (Wildman–Crippen LogP) is 1.92. The largest absolute Gasteiger partial charge is 0.317 e. The van der Waals surface area contributed by atoms with E-state index in [1.165, 1.54) is 17.8 Å². The van der Waals surface area contributed by atoms with Crippen LogP contribution in [0.25, 0.3) is 0 Å². The molecule has 0 saturated heterocycles. The number of nitrogens with one attached hydrogen (secondary N) is 1. The summed E-state index contributed by atoms with van der Waals surface area (Å²) in [5.41, 5.74) is -0.0917. The van der Waals surface area contributed by atoms with Gasteiger partial charge in [-0.15, -0.1) is 0 Å². The molecule has 0 saturated carbocycles. The highest BCUT2D eigenvalue weighted by Crippen LogP contribution is 2.21. The fourth-order valence-corrected chi connectivity index (χ4v) is 1.79. The molecule has 4 heteroatoms. The van der Waals surface area contributed by atoms with Crippen LogP contribution in [0.3, 0.4) is 0 Å². The standard InChI is InChI=1S/C10H8N2OS/c13-8-4-3-6-10(12-8)14-9-5-1-2-7-11-9/h1-7H,(H,12,13). The summed E-state index contributed by atoms with van der Waals surface area (Å²) >= 11 is 1.44. The third-order valence-electron chi connectivity index (χ3n) is 1.59. The molecule has 3 nitrogen and oxygen atoms in total. The van der Waals surface area contributed by atoms with Gasteiger partial charge >= 0.3 is 0 Å². The minimum Gasteiger partial charge on any atom is -0.317 e. The van der Waals surface area contributed by atoms with E-state index >= 15 is 0 Å². The monoisotopic (exact) mass is 204 g/mol. The number of nitrogens with zero attached hydrogens (tertiary/aromatic N) is 1. The normalized spacial score (nSPS) is 10.0. The van der Waals surface area contributed by atoms with Crippen LogP contribution in [0, 0.1) is 0 Å². The summed E-state index contributed by atoms with van der Waals surface area (Å²) in [6, 6.07) is 10.7. The molecule has 1 N–H and O–H groups in total. The molecule has 0 radical (unpaired) electrons. The summed E-state index contributed by atoms with van der Waals surface area (Å²) in [5, 5.41) is 1.67. The fourth-order valence-electron chi connectivity index (χ4n) is 1.01. The van der Waals surface area contributed by atoms with Crippen LogP contribution in [-0.2, 0) is 0 Å². The Hall–Kier alpha value is -1.55. The van der Waals surface area contributed by atoms with E-state index in [2.05, 4.69) is 9.97 Å². The molecule has 0 aromatic carbocycles. The molecule has 70 valence electrons. The van der Waals surface area contributed by atoms with Crippen LogP contribution in [0.4, 0.5) is 0 Å². The van der Waals surface area contributed by atoms with Gasteiger partial charge in [-0.2, -0.15) is 0 Å². The van der Waals surface area contributed by atoms with Crippen molar-refractivity contribution >= 4 is 11.8 Å². The van der Waals surface area contributed by atoms with Crippen molar-refractivity contribution in [1.82, 2.24) is 9.97 Å². The maximum absolute atomic E-state index is 11.0. The molecule has 2 aromatic rings. The number of hydrogen-bond acceptors (Lipinski definition) is 3. The molecule has 2 rings (SSSR count). The first-order valence-corrected chi connectivity index (χ1v) is 4.94. The molecule has 0 atom stereocenters. The predicted molar refractivity (Wildman–Crippen MR) is 55.4 cm³/mol. The van der Waals surface area contributed by atoms with E-state index in [1.54, 1.807) is 12.3 Å². The molecular weight excluding hydrogens is 196 g/mol. The molecule has 0 aliphatic rings. The Kier molecular flexibility index (Phi) is 2.65. The first kappa shape index (κ1) is 9.02. The Labute approximate surface area is 85.2 Å². The molecule has 0 unspecified atom stereocenters. The first-order valence-electron chi connectivity index (χ1n) is 4.13. The quantitative estimate of drug-likeness (QED) is 0.812. The van der Waals surface area contributed by atoms with E-state index in [0.717, 1.165) is 10.1 Å². The van der Waals surface area contributed by atoms with Gasteiger partial charge in [-0.25, -0.2) is 4.98 Å². The van der Waals surface area contributed by atoms with Crippen LogP contribution in [0.5, 0.6) is 0 Å². The van der Waals surface area contributed by atoms with E-state index in [-0.39, 0.29) is 5.56 Å². The lowest BCUT2D eigenvalue weighted by molar-refractivity contribution is 1.06. The Morgan fingerprint density at radius 3 is 2.79 bits per heavy atom. The maximum atomic E-state index is 11.0. The third-order valence-corrected chi connectivity index (χ3v) is 2.50. The Balaban J connectivity index is 2.24. The van der Waals surface area contributed by atoms with E-state index < -0.39 is 0 Å². The molecule has 0 aliphatic carbocycles. The molecule has 0 aliphatic heterocycles. The van der Waals surface area contributed by atoms with Crippen molar-refractivity contribution in [2.75, 3.05) is 0 Å². The highest BCUT2D eigenvalue weighted by molar-refractivity contribution is 7.99. The zero-order valence-corrected chi connectivity index (χ0v) is 8.12. The lowest BCUT2D eigenvalue weighted by Gasteiger charge is -1.98. The summed E-state index contributed by atoms with van der Waals surface area (Å²) < 4.78 is 0. The van der Waals surface area contributed by atoms with Crippen molar-refractivity contribution in [3.8, 4) is 0 Å². The van der Waals surface area contributed by atoms with Crippen molar-refractivity contribution < 1.29 is 0 Å². The smallest absolute Gasteiger partial charge is 0.248 e. The average molecular weight is 204 g/mol. The van der Waals surface area contributed by atoms with Crippen LogP contribution >= 0.6 is 11.8 Å². The highest BCUT2D eigenvalue weighted by atomic mass is 32.2. The van der Waals surface area contributed by atoms with E-state index in [1.807, 2.05) is 24.3 Å². The van der Waals surface area contributed by atoms with Gasteiger partial charge in [0.1, 0.15) is 5.03 Å². The summed E-state index contributed by atoms with van der Waals surface area (Å²) in [6.07, 6.45) is 1.73. The van der Waals surface area contributed by atoms with Gasteiger partial charge in [-0.1, -0.05) is 23.9 Å². The van der Waals surface area contributed by atoms with Gasteiger partial charge in [-0.05, 0) is 18.2 Å². The minimum atomic E-state index is -0.0917.